The second-order valence-electron chi connectivity index (χ2n) is 6.12. The summed E-state index contributed by atoms with van der Waals surface area (Å²) in [5, 5.41) is 5.32. The summed E-state index contributed by atoms with van der Waals surface area (Å²) in [6.07, 6.45) is 0.566. The van der Waals surface area contributed by atoms with Crippen LogP contribution in [0.5, 0.6) is 5.75 Å². The number of anilines is 2. The van der Waals surface area contributed by atoms with Gasteiger partial charge in [-0.1, -0.05) is 0 Å². The molecule has 1 fully saturated rings. The van der Waals surface area contributed by atoms with Crippen molar-refractivity contribution < 1.29 is 19.1 Å². The van der Waals surface area contributed by atoms with E-state index in [9.17, 15) is 14.4 Å². The molecule has 0 bridgehead atoms. The number of halogens is 1. The van der Waals surface area contributed by atoms with Gasteiger partial charge in [0.05, 0.1) is 12.8 Å². The summed E-state index contributed by atoms with van der Waals surface area (Å²) in [6, 6.07) is 4.54. The van der Waals surface area contributed by atoms with Crippen molar-refractivity contribution in [1.29, 1.82) is 0 Å². The minimum Gasteiger partial charge on any atom is -0.495 e. The molecule has 25 heavy (non-hydrogen) atoms. The molecule has 1 aliphatic heterocycles. The Hall–Kier alpha value is -2.48. The van der Waals surface area contributed by atoms with Crippen LogP contribution in [0.2, 0.25) is 0 Å². The molecule has 0 unspecified atom stereocenters. The Bertz CT molecular complexity index is 678. The molecule has 1 aromatic carbocycles. The van der Waals surface area contributed by atoms with Crippen LogP contribution in [0, 0.1) is 0 Å². The minimum atomic E-state index is -0.889. The lowest BCUT2D eigenvalue weighted by Crippen LogP contribution is -2.40. The lowest BCUT2D eigenvalue weighted by Gasteiger charge is -2.15. The minimum absolute atomic E-state index is 0. The number of hydrogen-bond donors (Lipinski definition) is 3. The van der Waals surface area contributed by atoms with Crippen molar-refractivity contribution >= 4 is 41.6 Å². The third kappa shape index (κ3) is 4.76. The number of imide groups is 1. The molecule has 4 amide bonds. The molecule has 8 nitrogen and oxygen atoms in total. The fourth-order valence-electron chi connectivity index (χ4n) is 2.45. The summed E-state index contributed by atoms with van der Waals surface area (Å²) in [4.78, 5) is 36.8. The second kappa shape index (κ2) is 8.06. The first-order chi connectivity index (χ1) is 11.2. The highest BCUT2D eigenvalue weighted by Gasteiger charge is 2.43. The highest BCUT2D eigenvalue weighted by molar-refractivity contribution is 6.06. The van der Waals surface area contributed by atoms with Crippen LogP contribution in [0.25, 0.3) is 0 Å². The maximum atomic E-state index is 12.0. The molecule has 0 aliphatic carbocycles. The van der Waals surface area contributed by atoms with Crippen molar-refractivity contribution in [3.8, 4) is 5.75 Å². The highest BCUT2D eigenvalue weighted by Crippen LogP contribution is 2.24. The Morgan fingerprint density at radius 3 is 2.56 bits per heavy atom. The highest BCUT2D eigenvalue weighted by atomic mass is 35.5. The summed E-state index contributed by atoms with van der Waals surface area (Å²) in [5.74, 6) is 0.0379. The summed E-state index contributed by atoms with van der Waals surface area (Å²) >= 11 is 0. The van der Waals surface area contributed by atoms with E-state index in [1.807, 2.05) is 0 Å². The van der Waals surface area contributed by atoms with Crippen molar-refractivity contribution in [2.45, 2.75) is 32.2 Å². The Labute approximate surface area is 152 Å². The van der Waals surface area contributed by atoms with Gasteiger partial charge in [-0.2, -0.15) is 0 Å². The number of amides is 4. The topological polar surface area (TPSA) is 114 Å². The Morgan fingerprint density at radius 2 is 2.04 bits per heavy atom. The molecule has 1 aliphatic rings. The Balaban J connectivity index is 0.00000312. The van der Waals surface area contributed by atoms with E-state index < -0.39 is 11.6 Å². The summed E-state index contributed by atoms with van der Waals surface area (Å²) in [6.45, 7) is 3.49. The number of hydrogen-bond acceptors (Lipinski definition) is 5. The van der Waals surface area contributed by atoms with E-state index >= 15 is 0 Å². The smallest absolute Gasteiger partial charge is 0.325 e. The number of nitrogen functional groups attached to an aromatic ring is 1. The van der Waals surface area contributed by atoms with Crippen LogP contribution in [-0.4, -0.2) is 41.9 Å². The van der Waals surface area contributed by atoms with Gasteiger partial charge in [-0.05, 0) is 38.5 Å². The van der Waals surface area contributed by atoms with Crippen LogP contribution in [0.4, 0.5) is 16.2 Å². The Morgan fingerprint density at radius 1 is 1.36 bits per heavy atom. The summed E-state index contributed by atoms with van der Waals surface area (Å²) < 4.78 is 5.05. The zero-order chi connectivity index (χ0) is 17.9. The fraction of sp³-hybridized carbons (Fsp3) is 0.438. The first-order valence-electron chi connectivity index (χ1n) is 7.62. The van der Waals surface area contributed by atoms with Gasteiger partial charge in [0.1, 0.15) is 11.3 Å². The second-order valence-corrected chi connectivity index (χ2v) is 6.12. The number of methoxy groups -OCH3 is 1. The van der Waals surface area contributed by atoms with Crippen LogP contribution >= 0.6 is 12.4 Å². The maximum Gasteiger partial charge on any atom is 0.325 e. The number of rotatable bonds is 6. The van der Waals surface area contributed by atoms with Crippen LogP contribution in [-0.2, 0) is 9.59 Å². The first-order valence-corrected chi connectivity index (χ1v) is 7.62. The van der Waals surface area contributed by atoms with Crippen molar-refractivity contribution in [3.63, 3.8) is 0 Å². The molecule has 0 spiro atoms. The van der Waals surface area contributed by atoms with E-state index in [1.54, 1.807) is 32.0 Å². The Kier molecular flexibility index (Phi) is 6.63. The molecular weight excluding hydrogens is 348 g/mol. The van der Waals surface area contributed by atoms with Crippen LogP contribution < -0.4 is 21.1 Å². The van der Waals surface area contributed by atoms with Crippen LogP contribution in [0.15, 0.2) is 18.2 Å². The molecule has 1 aromatic rings. The number of benzene rings is 1. The molecule has 0 aromatic heterocycles. The average molecular weight is 371 g/mol. The van der Waals surface area contributed by atoms with Gasteiger partial charge in [-0.15, -0.1) is 12.4 Å². The lowest BCUT2D eigenvalue weighted by molar-refractivity contribution is -0.130. The third-order valence-corrected chi connectivity index (χ3v) is 3.74. The molecule has 138 valence electrons. The van der Waals surface area contributed by atoms with Gasteiger partial charge in [-0.25, -0.2) is 4.79 Å². The van der Waals surface area contributed by atoms with Crippen LogP contribution in [0.1, 0.15) is 26.7 Å². The van der Waals surface area contributed by atoms with E-state index in [-0.39, 0.29) is 37.2 Å². The summed E-state index contributed by atoms with van der Waals surface area (Å²) in [7, 11) is 1.51. The zero-order valence-electron chi connectivity index (χ0n) is 14.4. The van der Waals surface area contributed by atoms with E-state index in [0.29, 0.717) is 23.5 Å². The van der Waals surface area contributed by atoms with E-state index in [2.05, 4.69) is 10.6 Å². The molecule has 0 atom stereocenters. The fourth-order valence-corrected chi connectivity index (χ4v) is 2.45. The van der Waals surface area contributed by atoms with E-state index in [4.69, 9.17) is 10.5 Å². The van der Waals surface area contributed by atoms with Gasteiger partial charge in [0, 0.05) is 18.7 Å². The third-order valence-electron chi connectivity index (χ3n) is 3.74. The zero-order valence-corrected chi connectivity index (χ0v) is 15.2. The average Bonchev–Trinajstić information content (AvgIpc) is 2.69. The molecule has 4 N–H and O–H groups in total. The maximum absolute atomic E-state index is 12.0. The van der Waals surface area contributed by atoms with Crippen molar-refractivity contribution in [1.82, 2.24) is 10.2 Å². The lowest BCUT2D eigenvalue weighted by atomic mass is 10.1. The van der Waals surface area contributed by atoms with Crippen molar-refractivity contribution in [2.75, 3.05) is 24.7 Å². The number of nitrogens with two attached hydrogens (primary N) is 1. The van der Waals surface area contributed by atoms with Gasteiger partial charge in [-0.3, -0.25) is 14.5 Å². The predicted molar refractivity (Wildman–Crippen MR) is 96.8 cm³/mol. The first kappa shape index (κ1) is 20.6. The largest absolute Gasteiger partial charge is 0.495 e. The molecule has 1 heterocycles. The predicted octanol–water partition coefficient (Wildman–Crippen LogP) is 1.75. The summed E-state index contributed by atoms with van der Waals surface area (Å²) in [5.41, 5.74) is 5.88. The molecular formula is C16H23ClN4O4. The number of nitrogens with zero attached hydrogens (tertiary/aromatic N) is 1. The molecule has 9 heteroatoms. The molecule has 1 saturated heterocycles. The van der Waals surface area contributed by atoms with Crippen molar-refractivity contribution in [2.24, 2.45) is 0 Å². The SMILES string of the molecule is COc1ccc(NC(=O)CCCN2C(=O)NC(C)(C)C2=O)cc1N.Cl. The normalized spacial score (nSPS) is 15.4. The van der Waals surface area contributed by atoms with Gasteiger partial charge >= 0.3 is 6.03 Å². The molecule has 0 radical (unpaired) electrons. The number of carbonyl (C=O) groups excluding carboxylic acids is 3. The molecule has 2 rings (SSSR count). The van der Waals surface area contributed by atoms with Gasteiger partial charge < -0.3 is 21.1 Å². The number of urea groups is 1. The number of nitrogens with one attached hydrogen (secondary N) is 2. The molecule has 0 saturated carbocycles. The number of carbonyl (C=O) groups is 3. The van der Waals surface area contributed by atoms with Gasteiger partial charge in [0.15, 0.2) is 0 Å². The van der Waals surface area contributed by atoms with Crippen molar-refractivity contribution in [3.05, 3.63) is 18.2 Å². The van der Waals surface area contributed by atoms with E-state index in [0.717, 1.165) is 4.90 Å². The van der Waals surface area contributed by atoms with Gasteiger partial charge in [0.2, 0.25) is 5.91 Å². The standard InChI is InChI=1S/C16H22N4O4.ClH/c1-16(2)14(22)20(15(23)19-16)8-4-5-13(21)18-10-6-7-12(24-3)11(17)9-10;/h6-7,9H,4-5,8,17H2,1-3H3,(H,18,21)(H,19,23);1H. The van der Waals surface area contributed by atoms with Gasteiger partial charge in [0.25, 0.3) is 5.91 Å². The van der Waals surface area contributed by atoms with E-state index in [1.165, 1.54) is 7.11 Å². The quantitative estimate of drug-likeness (QED) is 0.521. The monoisotopic (exact) mass is 370 g/mol. The number of ether oxygens (including phenoxy) is 1. The van der Waals surface area contributed by atoms with Crippen LogP contribution in [0.3, 0.4) is 0 Å².